The number of likely N-dealkylation sites (N-methyl/N-ethyl adjacent to an activating group) is 1. The van der Waals surface area contributed by atoms with Gasteiger partial charge in [0.25, 0.3) is 0 Å². The van der Waals surface area contributed by atoms with Crippen LogP contribution in [0.2, 0.25) is 0 Å². The average molecular weight is 241 g/mol. The summed E-state index contributed by atoms with van der Waals surface area (Å²) in [6.45, 7) is 0.00479. The highest BCUT2D eigenvalue weighted by Crippen LogP contribution is 2.24. The highest BCUT2D eigenvalue weighted by atomic mass is 19.1. The Balaban J connectivity index is 3.29. The molecule has 0 bridgehead atoms. The number of ether oxygens (including phenoxy) is 1. The molecule has 2 N–H and O–H groups in total. The first-order chi connectivity index (χ1) is 8.01. The number of hydrogen-bond donors (Lipinski definition) is 2. The number of carboxylic acid groups (broad SMARTS) is 1. The zero-order chi connectivity index (χ0) is 13.0. The fourth-order valence-electron chi connectivity index (χ4n) is 1.38. The maximum absolute atomic E-state index is 13.5. The van der Waals surface area contributed by atoms with Crippen LogP contribution in [0.4, 0.5) is 4.39 Å². The van der Waals surface area contributed by atoms with Gasteiger partial charge in [-0.25, -0.2) is 9.18 Å². The van der Waals surface area contributed by atoms with E-state index in [-0.39, 0.29) is 23.4 Å². The van der Waals surface area contributed by atoms with Gasteiger partial charge < -0.3 is 15.2 Å². The van der Waals surface area contributed by atoms with Crippen molar-refractivity contribution in [2.45, 2.75) is 0 Å². The monoisotopic (exact) mass is 241 g/mol. The number of hydrogen-bond acceptors (Lipinski definition) is 4. The maximum atomic E-state index is 13.5. The van der Waals surface area contributed by atoms with Crippen molar-refractivity contribution < 1.29 is 23.8 Å². The molecule has 0 spiro atoms. The molecular weight excluding hydrogens is 229 g/mol. The van der Waals surface area contributed by atoms with Gasteiger partial charge in [-0.15, -0.1) is 0 Å². The molecule has 0 aromatic heterocycles. The standard InChI is InChI=1S/C11H12FNO4/c1-13-5-9(14)6-3-7(11(15)16)10(17-2)8(12)4-6/h3-4,13H,5H2,1-2H3,(H,15,16). The van der Waals surface area contributed by atoms with Crippen molar-refractivity contribution in [1.82, 2.24) is 5.32 Å². The van der Waals surface area contributed by atoms with E-state index in [0.29, 0.717) is 0 Å². The van der Waals surface area contributed by atoms with E-state index in [4.69, 9.17) is 5.11 Å². The van der Waals surface area contributed by atoms with Crippen molar-refractivity contribution >= 4 is 11.8 Å². The molecule has 0 aliphatic rings. The quantitative estimate of drug-likeness (QED) is 0.750. The Morgan fingerprint density at radius 2 is 2.12 bits per heavy atom. The van der Waals surface area contributed by atoms with Crippen molar-refractivity contribution in [3.63, 3.8) is 0 Å². The molecule has 0 saturated carbocycles. The lowest BCUT2D eigenvalue weighted by molar-refractivity contribution is 0.0692. The third-order valence-electron chi connectivity index (χ3n) is 2.14. The number of Topliss-reactive ketones (excluding diaryl/α,β-unsaturated/α-hetero) is 1. The number of rotatable bonds is 5. The van der Waals surface area contributed by atoms with Gasteiger partial charge in [0.15, 0.2) is 17.3 Å². The molecule has 0 aliphatic heterocycles. The maximum Gasteiger partial charge on any atom is 0.339 e. The summed E-state index contributed by atoms with van der Waals surface area (Å²) in [5.74, 6) is -2.98. The molecule has 1 aromatic carbocycles. The van der Waals surface area contributed by atoms with Gasteiger partial charge in [0, 0.05) is 5.56 Å². The Morgan fingerprint density at radius 1 is 1.47 bits per heavy atom. The lowest BCUT2D eigenvalue weighted by atomic mass is 10.1. The summed E-state index contributed by atoms with van der Waals surface area (Å²) in [5.41, 5.74) is -0.373. The fraction of sp³-hybridized carbons (Fsp3) is 0.273. The van der Waals surface area contributed by atoms with E-state index in [2.05, 4.69) is 10.1 Å². The molecule has 1 rings (SSSR count). The van der Waals surface area contributed by atoms with Gasteiger partial charge in [-0.3, -0.25) is 4.79 Å². The lowest BCUT2D eigenvalue weighted by Crippen LogP contribution is -2.19. The van der Waals surface area contributed by atoms with Crippen LogP contribution < -0.4 is 10.1 Å². The van der Waals surface area contributed by atoms with Gasteiger partial charge in [0.05, 0.1) is 13.7 Å². The van der Waals surface area contributed by atoms with Crippen LogP contribution in [0.3, 0.4) is 0 Å². The first kappa shape index (κ1) is 13.1. The number of carbonyl (C=O) groups is 2. The number of carboxylic acids is 1. The second-order valence-corrected chi connectivity index (χ2v) is 3.30. The minimum absolute atomic E-state index is 0.00458. The van der Waals surface area contributed by atoms with E-state index in [1.807, 2.05) is 0 Å². The van der Waals surface area contributed by atoms with E-state index < -0.39 is 17.6 Å². The third kappa shape index (κ3) is 2.79. The SMILES string of the molecule is CNCC(=O)c1cc(F)c(OC)c(C(=O)O)c1. The van der Waals surface area contributed by atoms with Gasteiger partial charge >= 0.3 is 5.97 Å². The van der Waals surface area contributed by atoms with Gasteiger partial charge in [-0.1, -0.05) is 0 Å². The number of methoxy groups -OCH3 is 1. The van der Waals surface area contributed by atoms with Gasteiger partial charge in [-0.2, -0.15) is 0 Å². The summed E-state index contributed by atoms with van der Waals surface area (Å²) in [6.07, 6.45) is 0. The third-order valence-corrected chi connectivity index (χ3v) is 2.14. The van der Waals surface area contributed by atoms with Crippen LogP contribution >= 0.6 is 0 Å². The zero-order valence-corrected chi connectivity index (χ0v) is 9.41. The number of ketones is 1. The van der Waals surface area contributed by atoms with Crippen molar-refractivity contribution in [1.29, 1.82) is 0 Å². The van der Waals surface area contributed by atoms with Gasteiger partial charge in [-0.05, 0) is 19.2 Å². The van der Waals surface area contributed by atoms with E-state index in [1.54, 1.807) is 7.05 Å². The molecule has 0 atom stereocenters. The highest BCUT2D eigenvalue weighted by molar-refractivity contribution is 6.01. The first-order valence-electron chi connectivity index (χ1n) is 4.80. The van der Waals surface area contributed by atoms with E-state index >= 15 is 0 Å². The zero-order valence-electron chi connectivity index (χ0n) is 9.41. The summed E-state index contributed by atoms with van der Waals surface area (Å²) in [5, 5.41) is 11.5. The van der Waals surface area contributed by atoms with E-state index in [9.17, 15) is 14.0 Å². The van der Waals surface area contributed by atoms with Crippen LogP contribution in [0.15, 0.2) is 12.1 Å². The molecule has 0 aliphatic carbocycles. The summed E-state index contributed by atoms with van der Waals surface area (Å²) in [4.78, 5) is 22.4. The number of nitrogens with one attached hydrogen (secondary N) is 1. The molecule has 0 amide bonds. The number of benzene rings is 1. The van der Waals surface area contributed by atoms with Crippen molar-refractivity contribution in [2.24, 2.45) is 0 Å². The molecule has 92 valence electrons. The molecule has 17 heavy (non-hydrogen) atoms. The number of aromatic carboxylic acids is 1. The lowest BCUT2D eigenvalue weighted by Gasteiger charge is -2.08. The van der Waals surface area contributed by atoms with Crippen molar-refractivity contribution in [3.05, 3.63) is 29.1 Å². The minimum Gasteiger partial charge on any atom is -0.493 e. The minimum atomic E-state index is -1.35. The van der Waals surface area contributed by atoms with E-state index in [1.165, 1.54) is 7.11 Å². The summed E-state index contributed by atoms with van der Waals surface area (Å²) in [7, 11) is 2.73. The smallest absolute Gasteiger partial charge is 0.339 e. The average Bonchev–Trinajstić information content (AvgIpc) is 2.28. The Morgan fingerprint density at radius 3 is 2.59 bits per heavy atom. The van der Waals surface area contributed by atoms with Crippen LogP contribution in [-0.2, 0) is 0 Å². The molecule has 5 nitrogen and oxygen atoms in total. The molecule has 0 heterocycles. The molecule has 1 aromatic rings. The molecule has 6 heteroatoms. The van der Waals surface area contributed by atoms with Crippen molar-refractivity contribution in [3.8, 4) is 5.75 Å². The van der Waals surface area contributed by atoms with Crippen LogP contribution in [-0.4, -0.2) is 37.6 Å². The van der Waals surface area contributed by atoms with Gasteiger partial charge in [0.1, 0.15) is 5.56 Å². The molecule has 0 unspecified atom stereocenters. The second-order valence-electron chi connectivity index (χ2n) is 3.30. The number of halogens is 1. The Labute approximate surface area is 97.2 Å². The Bertz CT molecular complexity index is 459. The normalized spacial score (nSPS) is 10.1. The van der Waals surface area contributed by atoms with Gasteiger partial charge in [0.2, 0.25) is 0 Å². The topological polar surface area (TPSA) is 75.6 Å². The fourth-order valence-corrected chi connectivity index (χ4v) is 1.38. The summed E-state index contributed by atoms with van der Waals surface area (Å²) < 4.78 is 18.2. The molecule has 0 saturated heterocycles. The van der Waals surface area contributed by atoms with Crippen LogP contribution in [0.25, 0.3) is 0 Å². The first-order valence-corrected chi connectivity index (χ1v) is 4.80. The molecule has 0 radical (unpaired) electrons. The van der Waals surface area contributed by atoms with Crippen molar-refractivity contribution in [2.75, 3.05) is 20.7 Å². The number of carbonyl (C=O) groups excluding carboxylic acids is 1. The summed E-state index contributed by atoms with van der Waals surface area (Å²) in [6, 6.07) is 2.06. The predicted octanol–water partition coefficient (Wildman–Crippen LogP) is 0.935. The van der Waals surface area contributed by atoms with Crippen LogP contribution in [0, 0.1) is 5.82 Å². The van der Waals surface area contributed by atoms with Crippen LogP contribution in [0.5, 0.6) is 5.75 Å². The Hall–Kier alpha value is -1.95. The molecular formula is C11H12FNO4. The molecule has 0 fully saturated rings. The van der Waals surface area contributed by atoms with E-state index in [0.717, 1.165) is 12.1 Å². The predicted molar refractivity (Wildman–Crippen MR) is 58.2 cm³/mol. The largest absolute Gasteiger partial charge is 0.493 e. The second kappa shape index (κ2) is 5.40. The summed E-state index contributed by atoms with van der Waals surface area (Å²) >= 11 is 0. The Kier molecular flexibility index (Phi) is 4.17. The van der Waals surface area contributed by atoms with Crippen LogP contribution in [0.1, 0.15) is 20.7 Å². The highest BCUT2D eigenvalue weighted by Gasteiger charge is 2.19.